The van der Waals surface area contributed by atoms with Gasteiger partial charge >= 0.3 is 0 Å². The summed E-state index contributed by atoms with van der Waals surface area (Å²) in [6.07, 6.45) is 5.18. The van der Waals surface area contributed by atoms with Crippen LogP contribution < -0.4 is 0 Å². The van der Waals surface area contributed by atoms with E-state index in [-0.39, 0.29) is 23.0 Å². The number of hydrogen-bond acceptors (Lipinski definition) is 4. The van der Waals surface area contributed by atoms with Crippen LogP contribution in [0.4, 0.5) is 0 Å². The van der Waals surface area contributed by atoms with Crippen LogP contribution in [0.25, 0.3) is 0 Å². The topological polar surface area (TPSA) is 59.9 Å². The molecule has 0 atom stereocenters. The Kier molecular flexibility index (Phi) is 2.73. The van der Waals surface area contributed by atoms with E-state index < -0.39 is 0 Å². The number of carbonyl (C=O) groups is 2. The van der Waals surface area contributed by atoms with Gasteiger partial charge in [-0.05, 0) is 6.07 Å². The Labute approximate surface area is 81.4 Å². The number of carbonyl (C=O) groups excluding carboxylic acids is 2. The Morgan fingerprint density at radius 2 is 1.93 bits per heavy atom. The molecule has 14 heavy (non-hydrogen) atoms. The summed E-state index contributed by atoms with van der Waals surface area (Å²) in [4.78, 5) is 22.0. The summed E-state index contributed by atoms with van der Waals surface area (Å²) < 4.78 is 0. The lowest BCUT2D eigenvalue weighted by Crippen LogP contribution is -2.07. The maximum Gasteiger partial charge on any atom is 0.181 e. The lowest BCUT2D eigenvalue weighted by atomic mass is 10.1. The molecule has 1 heterocycles. The van der Waals surface area contributed by atoms with E-state index in [2.05, 4.69) is 16.1 Å². The predicted molar refractivity (Wildman–Crippen MR) is 50.0 cm³/mol. The first-order valence-electron chi connectivity index (χ1n) is 3.92. The van der Waals surface area contributed by atoms with Crippen LogP contribution in [-0.4, -0.2) is 21.8 Å². The van der Waals surface area contributed by atoms with E-state index in [9.17, 15) is 9.59 Å². The summed E-state index contributed by atoms with van der Waals surface area (Å²) in [7, 11) is 0. The molecule has 0 aliphatic heterocycles. The number of rotatable bonds is 2. The standard InChI is InChI=1S/C10H8N2O2/c1-4-8-5-9(6(2)13)11-12-10(8)7(3)14/h1,5H,2-3H3. The second-order valence-electron chi connectivity index (χ2n) is 2.75. The van der Waals surface area contributed by atoms with Crippen LogP contribution in [0.1, 0.15) is 40.4 Å². The lowest BCUT2D eigenvalue weighted by molar-refractivity contribution is 0.0992. The third kappa shape index (κ3) is 1.83. The van der Waals surface area contributed by atoms with Crippen molar-refractivity contribution in [3.05, 3.63) is 23.0 Å². The second kappa shape index (κ2) is 3.79. The fourth-order valence-electron chi connectivity index (χ4n) is 0.934. The van der Waals surface area contributed by atoms with Crippen LogP contribution in [0.15, 0.2) is 6.07 Å². The van der Waals surface area contributed by atoms with Gasteiger partial charge in [-0.1, -0.05) is 5.92 Å². The van der Waals surface area contributed by atoms with Crippen molar-refractivity contribution in [1.29, 1.82) is 0 Å². The predicted octanol–water partition coefficient (Wildman–Crippen LogP) is 0.863. The van der Waals surface area contributed by atoms with Crippen molar-refractivity contribution < 1.29 is 9.59 Å². The molecule has 0 aliphatic carbocycles. The molecule has 4 nitrogen and oxygen atoms in total. The van der Waals surface area contributed by atoms with Gasteiger partial charge in [0.25, 0.3) is 0 Å². The molecule has 0 spiro atoms. The molecule has 0 aliphatic rings. The van der Waals surface area contributed by atoms with Crippen molar-refractivity contribution in [1.82, 2.24) is 10.2 Å². The summed E-state index contributed by atoms with van der Waals surface area (Å²) in [5.41, 5.74) is 0.596. The molecule has 4 heteroatoms. The first-order valence-corrected chi connectivity index (χ1v) is 3.92. The third-order valence-corrected chi connectivity index (χ3v) is 1.64. The van der Waals surface area contributed by atoms with Gasteiger partial charge in [-0.2, -0.15) is 0 Å². The van der Waals surface area contributed by atoms with Crippen molar-refractivity contribution in [2.45, 2.75) is 13.8 Å². The van der Waals surface area contributed by atoms with E-state index in [1.54, 1.807) is 0 Å². The van der Waals surface area contributed by atoms with Gasteiger partial charge < -0.3 is 0 Å². The number of Topliss-reactive ketones (excluding diaryl/α,β-unsaturated/α-hetero) is 2. The highest BCUT2D eigenvalue weighted by Crippen LogP contribution is 2.06. The summed E-state index contributed by atoms with van der Waals surface area (Å²) in [5.74, 6) is 1.80. The summed E-state index contributed by atoms with van der Waals surface area (Å²) >= 11 is 0. The summed E-state index contributed by atoms with van der Waals surface area (Å²) in [6.45, 7) is 2.70. The molecule has 1 aromatic rings. The minimum absolute atomic E-state index is 0.123. The van der Waals surface area contributed by atoms with Crippen LogP contribution >= 0.6 is 0 Å². The average molecular weight is 188 g/mol. The van der Waals surface area contributed by atoms with Gasteiger partial charge in [0.2, 0.25) is 0 Å². The maximum atomic E-state index is 11.0. The number of hydrogen-bond donors (Lipinski definition) is 0. The van der Waals surface area contributed by atoms with Gasteiger partial charge in [0.1, 0.15) is 11.4 Å². The Morgan fingerprint density at radius 3 is 2.36 bits per heavy atom. The molecule has 0 saturated carbocycles. The van der Waals surface area contributed by atoms with E-state index in [4.69, 9.17) is 6.42 Å². The highest BCUT2D eigenvalue weighted by molar-refractivity contribution is 5.96. The molecule has 70 valence electrons. The molecule has 0 amide bonds. The van der Waals surface area contributed by atoms with E-state index in [0.29, 0.717) is 5.56 Å². The fourth-order valence-corrected chi connectivity index (χ4v) is 0.934. The van der Waals surface area contributed by atoms with Crippen LogP contribution in [0.5, 0.6) is 0 Å². The molecule has 0 radical (unpaired) electrons. The first kappa shape index (κ1) is 10.1. The molecule has 0 aromatic carbocycles. The third-order valence-electron chi connectivity index (χ3n) is 1.64. The Bertz CT molecular complexity index is 444. The van der Waals surface area contributed by atoms with E-state index in [0.717, 1.165) is 0 Å². The molecule has 0 bridgehead atoms. The Hall–Kier alpha value is -2.02. The maximum absolute atomic E-state index is 11.0. The highest BCUT2D eigenvalue weighted by Gasteiger charge is 2.11. The molecule has 1 rings (SSSR count). The molecule has 0 saturated heterocycles. The van der Waals surface area contributed by atoms with Gasteiger partial charge in [-0.25, -0.2) is 0 Å². The smallest absolute Gasteiger partial charge is 0.181 e. The van der Waals surface area contributed by atoms with Crippen molar-refractivity contribution in [3.63, 3.8) is 0 Å². The van der Waals surface area contributed by atoms with E-state index in [1.807, 2.05) is 0 Å². The van der Waals surface area contributed by atoms with Crippen LogP contribution in [0.3, 0.4) is 0 Å². The van der Waals surface area contributed by atoms with Crippen LogP contribution in [0.2, 0.25) is 0 Å². The quantitative estimate of drug-likeness (QED) is 0.510. The van der Waals surface area contributed by atoms with Crippen molar-refractivity contribution >= 4 is 11.6 Å². The first-order chi connectivity index (χ1) is 6.56. The number of nitrogens with zero attached hydrogens (tertiary/aromatic N) is 2. The van der Waals surface area contributed by atoms with E-state index in [1.165, 1.54) is 19.9 Å². The van der Waals surface area contributed by atoms with Gasteiger partial charge in [0.05, 0.1) is 5.56 Å². The summed E-state index contributed by atoms with van der Waals surface area (Å²) in [5, 5.41) is 7.20. The fraction of sp³-hybridized carbons (Fsp3) is 0.200. The van der Waals surface area contributed by atoms with Gasteiger partial charge in [-0.3, -0.25) is 9.59 Å². The van der Waals surface area contributed by atoms with E-state index >= 15 is 0 Å². The Morgan fingerprint density at radius 1 is 1.29 bits per heavy atom. The number of ketones is 2. The van der Waals surface area contributed by atoms with Gasteiger partial charge in [0.15, 0.2) is 11.6 Å². The lowest BCUT2D eigenvalue weighted by Gasteiger charge is -1.99. The molecular weight excluding hydrogens is 180 g/mol. The normalized spacial score (nSPS) is 9.21. The highest BCUT2D eigenvalue weighted by atomic mass is 16.1. The van der Waals surface area contributed by atoms with Crippen LogP contribution in [-0.2, 0) is 0 Å². The minimum atomic E-state index is -0.263. The summed E-state index contributed by atoms with van der Waals surface area (Å²) in [6, 6.07) is 1.39. The molecule has 0 fully saturated rings. The largest absolute Gasteiger partial charge is 0.293 e. The molecule has 0 N–H and O–H groups in total. The average Bonchev–Trinajstić information content (AvgIpc) is 2.16. The van der Waals surface area contributed by atoms with Crippen molar-refractivity contribution in [3.8, 4) is 12.3 Å². The van der Waals surface area contributed by atoms with Crippen molar-refractivity contribution in [2.75, 3.05) is 0 Å². The zero-order chi connectivity index (χ0) is 10.7. The monoisotopic (exact) mass is 188 g/mol. The van der Waals surface area contributed by atoms with Crippen LogP contribution in [0, 0.1) is 12.3 Å². The minimum Gasteiger partial charge on any atom is -0.293 e. The molecular formula is C10H8N2O2. The zero-order valence-electron chi connectivity index (χ0n) is 7.87. The molecule has 0 unspecified atom stereocenters. The SMILES string of the molecule is C#Cc1cc(C(C)=O)nnc1C(C)=O. The Balaban J connectivity index is 3.34. The van der Waals surface area contributed by atoms with Crippen molar-refractivity contribution in [2.24, 2.45) is 0 Å². The second-order valence-corrected chi connectivity index (χ2v) is 2.75. The van der Waals surface area contributed by atoms with Gasteiger partial charge in [0, 0.05) is 13.8 Å². The number of terminal acetylenes is 1. The molecule has 1 aromatic heterocycles. The zero-order valence-corrected chi connectivity index (χ0v) is 7.87. The van der Waals surface area contributed by atoms with Gasteiger partial charge in [-0.15, -0.1) is 16.6 Å². The number of aromatic nitrogens is 2.